The molecule has 0 aliphatic carbocycles. The molecule has 0 aliphatic heterocycles. The number of nitrogens with zero attached hydrogens (tertiary/aromatic N) is 1. The first kappa shape index (κ1) is 14.5. The highest BCUT2D eigenvalue weighted by molar-refractivity contribution is 7.14. The average molecular weight is 294 g/mol. The van der Waals surface area contributed by atoms with Crippen molar-refractivity contribution in [1.82, 2.24) is 4.98 Å². The van der Waals surface area contributed by atoms with E-state index in [2.05, 4.69) is 10.3 Å². The van der Waals surface area contributed by atoms with E-state index in [1.54, 1.807) is 23.6 Å². The molecular weight excluding hydrogens is 279 g/mol. The number of carboxylic acid groups (broad SMARTS) is 1. The van der Waals surface area contributed by atoms with Crippen LogP contribution in [0.5, 0.6) is 0 Å². The van der Waals surface area contributed by atoms with Gasteiger partial charge in [0.15, 0.2) is 5.13 Å². The lowest BCUT2D eigenvalue weighted by molar-refractivity contribution is -0.138. The van der Waals surface area contributed by atoms with Gasteiger partial charge in [-0.25, -0.2) is 14.2 Å². The monoisotopic (exact) mass is 294 g/mol. The summed E-state index contributed by atoms with van der Waals surface area (Å²) in [6.45, 7) is 3.63. The molecule has 2 rings (SSSR count). The Labute approximate surface area is 120 Å². The molecule has 0 unspecified atom stereocenters. The van der Waals surface area contributed by atoms with Gasteiger partial charge < -0.3 is 10.4 Å². The maximum absolute atomic E-state index is 13.7. The van der Waals surface area contributed by atoms with Crippen molar-refractivity contribution in [2.45, 2.75) is 19.9 Å². The minimum atomic E-state index is -0.928. The van der Waals surface area contributed by atoms with Gasteiger partial charge in [0.05, 0.1) is 5.69 Å². The summed E-state index contributed by atoms with van der Waals surface area (Å²) in [4.78, 5) is 15.4. The summed E-state index contributed by atoms with van der Waals surface area (Å²) in [5.74, 6) is -1.35. The van der Waals surface area contributed by atoms with E-state index < -0.39 is 12.0 Å². The van der Waals surface area contributed by atoms with Crippen LogP contribution in [0.3, 0.4) is 0 Å². The summed E-state index contributed by atoms with van der Waals surface area (Å²) in [6, 6.07) is 5.65. The molecule has 106 valence electrons. The van der Waals surface area contributed by atoms with Crippen molar-refractivity contribution in [3.63, 3.8) is 0 Å². The molecule has 20 heavy (non-hydrogen) atoms. The fourth-order valence-corrected chi connectivity index (χ4v) is 2.53. The Kier molecular flexibility index (Phi) is 4.34. The molecule has 0 saturated heterocycles. The zero-order valence-electron chi connectivity index (χ0n) is 11.1. The number of thiazole rings is 1. The largest absolute Gasteiger partial charge is 0.480 e. The van der Waals surface area contributed by atoms with Crippen LogP contribution >= 0.6 is 11.3 Å². The van der Waals surface area contributed by atoms with Gasteiger partial charge in [-0.2, -0.15) is 0 Å². The Morgan fingerprint density at radius 3 is 2.70 bits per heavy atom. The molecule has 0 aliphatic rings. The van der Waals surface area contributed by atoms with Gasteiger partial charge >= 0.3 is 5.97 Å². The van der Waals surface area contributed by atoms with Crippen LogP contribution in [0.1, 0.15) is 13.8 Å². The van der Waals surface area contributed by atoms with E-state index in [0.29, 0.717) is 16.4 Å². The number of halogens is 1. The van der Waals surface area contributed by atoms with E-state index in [-0.39, 0.29) is 11.7 Å². The highest BCUT2D eigenvalue weighted by Crippen LogP contribution is 2.27. The van der Waals surface area contributed by atoms with E-state index in [4.69, 9.17) is 5.11 Å². The van der Waals surface area contributed by atoms with Gasteiger partial charge in [0.1, 0.15) is 11.9 Å². The van der Waals surface area contributed by atoms with Crippen LogP contribution in [0, 0.1) is 11.7 Å². The van der Waals surface area contributed by atoms with Crippen molar-refractivity contribution in [3.05, 3.63) is 35.5 Å². The molecule has 0 spiro atoms. The van der Waals surface area contributed by atoms with Crippen molar-refractivity contribution in [3.8, 4) is 11.3 Å². The summed E-state index contributed by atoms with van der Waals surface area (Å²) in [7, 11) is 0. The first-order chi connectivity index (χ1) is 9.49. The van der Waals surface area contributed by atoms with Crippen LogP contribution in [0.2, 0.25) is 0 Å². The number of hydrogen-bond acceptors (Lipinski definition) is 4. The molecule has 0 bridgehead atoms. The van der Waals surface area contributed by atoms with Gasteiger partial charge in [-0.3, -0.25) is 0 Å². The quantitative estimate of drug-likeness (QED) is 0.886. The normalized spacial score (nSPS) is 12.4. The zero-order chi connectivity index (χ0) is 14.7. The fourth-order valence-electron chi connectivity index (χ4n) is 1.78. The minimum absolute atomic E-state index is 0.0756. The number of carbonyl (C=O) groups is 1. The number of anilines is 1. The Bertz CT molecular complexity index is 613. The van der Waals surface area contributed by atoms with Crippen molar-refractivity contribution in [2.24, 2.45) is 5.92 Å². The number of rotatable bonds is 5. The molecule has 2 aromatic rings. The summed E-state index contributed by atoms with van der Waals surface area (Å²) < 4.78 is 13.7. The number of hydrogen-bond donors (Lipinski definition) is 2. The maximum atomic E-state index is 13.7. The van der Waals surface area contributed by atoms with E-state index in [1.807, 2.05) is 13.8 Å². The summed E-state index contributed by atoms with van der Waals surface area (Å²) >= 11 is 1.26. The molecule has 1 atom stereocenters. The second-order valence-corrected chi connectivity index (χ2v) is 5.58. The summed E-state index contributed by atoms with van der Waals surface area (Å²) in [6.07, 6.45) is 0. The SMILES string of the molecule is CC(C)[C@H](Nc1nc(-c2ccccc2F)cs1)C(=O)O. The standard InChI is InChI=1S/C14H15FN2O2S/c1-8(2)12(13(18)19)17-14-16-11(7-20-14)9-5-3-4-6-10(9)15/h3-8,12H,1-2H3,(H,16,17)(H,18,19)/t12-/m0/s1. The van der Waals surface area contributed by atoms with Gasteiger partial charge in [0.25, 0.3) is 0 Å². The van der Waals surface area contributed by atoms with Crippen LogP contribution in [0.4, 0.5) is 9.52 Å². The molecule has 6 heteroatoms. The number of aromatic nitrogens is 1. The second kappa shape index (κ2) is 6.00. The smallest absolute Gasteiger partial charge is 0.326 e. The maximum Gasteiger partial charge on any atom is 0.326 e. The third kappa shape index (κ3) is 3.14. The van der Waals surface area contributed by atoms with Gasteiger partial charge in [-0.15, -0.1) is 11.3 Å². The van der Waals surface area contributed by atoms with E-state index in [1.165, 1.54) is 17.4 Å². The van der Waals surface area contributed by atoms with Gasteiger partial charge in [0, 0.05) is 10.9 Å². The Morgan fingerprint density at radius 1 is 1.40 bits per heavy atom. The molecule has 0 saturated carbocycles. The van der Waals surface area contributed by atoms with E-state index in [0.717, 1.165) is 0 Å². The lowest BCUT2D eigenvalue weighted by Crippen LogP contribution is -2.34. The number of benzene rings is 1. The molecule has 0 fully saturated rings. The third-order valence-electron chi connectivity index (χ3n) is 2.87. The van der Waals surface area contributed by atoms with Gasteiger partial charge in [-0.05, 0) is 18.1 Å². The molecule has 1 heterocycles. The number of nitrogens with one attached hydrogen (secondary N) is 1. The van der Waals surface area contributed by atoms with Gasteiger partial charge in [0.2, 0.25) is 0 Å². The van der Waals surface area contributed by atoms with Crippen LogP contribution < -0.4 is 5.32 Å². The predicted octanol–water partition coefficient (Wildman–Crippen LogP) is 3.47. The minimum Gasteiger partial charge on any atom is -0.480 e. The lowest BCUT2D eigenvalue weighted by Gasteiger charge is -2.16. The Hall–Kier alpha value is -1.95. The summed E-state index contributed by atoms with van der Waals surface area (Å²) in [5, 5.41) is 14.2. The summed E-state index contributed by atoms with van der Waals surface area (Å²) in [5.41, 5.74) is 0.914. The third-order valence-corrected chi connectivity index (χ3v) is 3.64. The Balaban J connectivity index is 2.21. The first-order valence-corrected chi connectivity index (χ1v) is 7.06. The van der Waals surface area contributed by atoms with Gasteiger partial charge in [-0.1, -0.05) is 26.0 Å². The molecule has 4 nitrogen and oxygen atoms in total. The van der Waals surface area contributed by atoms with Crippen molar-refractivity contribution in [1.29, 1.82) is 0 Å². The highest BCUT2D eigenvalue weighted by Gasteiger charge is 2.22. The lowest BCUT2D eigenvalue weighted by atomic mass is 10.1. The van der Waals surface area contributed by atoms with Crippen molar-refractivity contribution >= 4 is 22.4 Å². The number of carboxylic acids is 1. The predicted molar refractivity (Wildman–Crippen MR) is 77.4 cm³/mol. The molecular formula is C14H15FN2O2S. The highest BCUT2D eigenvalue weighted by atomic mass is 32.1. The van der Waals surface area contributed by atoms with Crippen molar-refractivity contribution in [2.75, 3.05) is 5.32 Å². The molecule has 1 aromatic carbocycles. The average Bonchev–Trinajstić information content (AvgIpc) is 2.84. The molecule has 0 amide bonds. The molecule has 0 radical (unpaired) electrons. The topological polar surface area (TPSA) is 62.2 Å². The fraction of sp³-hybridized carbons (Fsp3) is 0.286. The second-order valence-electron chi connectivity index (χ2n) is 4.72. The van der Waals surface area contributed by atoms with Crippen molar-refractivity contribution < 1.29 is 14.3 Å². The van der Waals surface area contributed by atoms with E-state index in [9.17, 15) is 9.18 Å². The van der Waals surface area contributed by atoms with Crippen LogP contribution in [-0.4, -0.2) is 22.1 Å². The molecule has 1 aromatic heterocycles. The van der Waals surface area contributed by atoms with Crippen LogP contribution in [0.25, 0.3) is 11.3 Å². The van der Waals surface area contributed by atoms with Crippen LogP contribution in [-0.2, 0) is 4.79 Å². The zero-order valence-corrected chi connectivity index (χ0v) is 11.9. The number of aliphatic carboxylic acids is 1. The molecule has 2 N–H and O–H groups in total. The van der Waals surface area contributed by atoms with Crippen LogP contribution in [0.15, 0.2) is 29.6 Å². The Morgan fingerprint density at radius 2 is 2.10 bits per heavy atom. The van der Waals surface area contributed by atoms with E-state index >= 15 is 0 Å². The first-order valence-electron chi connectivity index (χ1n) is 6.19.